The second-order valence-electron chi connectivity index (χ2n) is 4.17. The topological polar surface area (TPSA) is 55.2 Å². The summed E-state index contributed by atoms with van der Waals surface area (Å²) >= 11 is 13.6. The first-order chi connectivity index (χ1) is 8.58. The fourth-order valence-electron chi connectivity index (χ4n) is 1.91. The van der Waals surface area contributed by atoms with Gasteiger partial charge in [-0.05, 0) is 24.8 Å². The van der Waals surface area contributed by atoms with Gasteiger partial charge in [0.15, 0.2) is 0 Å². The van der Waals surface area contributed by atoms with Gasteiger partial charge in [-0.25, -0.2) is 0 Å². The second kappa shape index (κ2) is 5.99. The van der Waals surface area contributed by atoms with Gasteiger partial charge in [-0.15, -0.1) is 0 Å². The molecule has 1 N–H and O–H groups in total. The number of non-ortho nitro benzene ring substituents is 1. The van der Waals surface area contributed by atoms with Gasteiger partial charge in [-0.1, -0.05) is 36.0 Å². The molecular weight excluding hydrogens is 295 g/mol. The van der Waals surface area contributed by atoms with E-state index in [1.54, 1.807) is 11.9 Å². The number of nitro groups is 1. The van der Waals surface area contributed by atoms with Crippen LogP contribution in [0.4, 0.5) is 11.4 Å². The van der Waals surface area contributed by atoms with Crippen molar-refractivity contribution < 1.29 is 4.92 Å². The standard InChI is InChI=1S/C11H12Cl2N2O2S/c12-9-5-7(15(16)17)6-10(13)11(9)14-18-8-3-1-2-4-8/h5-6,8,14H,1-4H2. The van der Waals surface area contributed by atoms with E-state index < -0.39 is 4.92 Å². The van der Waals surface area contributed by atoms with Crippen LogP contribution in [0.15, 0.2) is 12.1 Å². The Morgan fingerprint density at radius 1 is 1.28 bits per heavy atom. The average molecular weight is 307 g/mol. The molecule has 1 aliphatic carbocycles. The van der Waals surface area contributed by atoms with Gasteiger partial charge in [0.2, 0.25) is 0 Å². The van der Waals surface area contributed by atoms with E-state index >= 15 is 0 Å². The lowest BCUT2D eigenvalue weighted by molar-refractivity contribution is -0.384. The highest BCUT2D eigenvalue weighted by Gasteiger charge is 2.18. The number of nitrogens with one attached hydrogen (secondary N) is 1. The molecule has 1 aromatic carbocycles. The monoisotopic (exact) mass is 306 g/mol. The lowest BCUT2D eigenvalue weighted by Gasteiger charge is -2.13. The van der Waals surface area contributed by atoms with Crippen LogP contribution in [0.2, 0.25) is 10.0 Å². The molecule has 0 unspecified atom stereocenters. The molecule has 1 aliphatic rings. The summed E-state index contributed by atoms with van der Waals surface area (Å²) in [5, 5.41) is 11.8. The molecule has 7 heteroatoms. The number of hydrogen-bond acceptors (Lipinski definition) is 4. The van der Waals surface area contributed by atoms with E-state index in [1.165, 1.54) is 37.8 Å². The smallest absolute Gasteiger partial charge is 0.272 e. The molecule has 1 fully saturated rings. The van der Waals surface area contributed by atoms with Crippen molar-refractivity contribution in [3.63, 3.8) is 0 Å². The van der Waals surface area contributed by atoms with Crippen molar-refractivity contribution in [3.05, 3.63) is 32.3 Å². The Balaban J connectivity index is 2.10. The Morgan fingerprint density at radius 2 is 1.83 bits per heavy atom. The molecule has 0 bridgehead atoms. The van der Waals surface area contributed by atoms with Gasteiger partial charge in [0.1, 0.15) is 0 Å². The summed E-state index contributed by atoms with van der Waals surface area (Å²) in [4.78, 5) is 10.1. The molecule has 4 nitrogen and oxygen atoms in total. The van der Waals surface area contributed by atoms with Crippen molar-refractivity contribution in [3.8, 4) is 0 Å². The molecule has 0 atom stereocenters. The molecule has 0 aromatic heterocycles. The van der Waals surface area contributed by atoms with Crippen LogP contribution in [0.3, 0.4) is 0 Å². The molecule has 0 aliphatic heterocycles. The van der Waals surface area contributed by atoms with Crippen LogP contribution in [0.25, 0.3) is 0 Å². The van der Waals surface area contributed by atoms with Gasteiger partial charge in [-0.2, -0.15) is 0 Å². The molecule has 0 radical (unpaired) electrons. The van der Waals surface area contributed by atoms with Gasteiger partial charge >= 0.3 is 0 Å². The Kier molecular flexibility index (Phi) is 4.59. The highest BCUT2D eigenvalue weighted by molar-refractivity contribution is 8.01. The van der Waals surface area contributed by atoms with Crippen molar-refractivity contribution in [1.82, 2.24) is 0 Å². The average Bonchev–Trinajstić information content (AvgIpc) is 2.80. The SMILES string of the molecule is O=[N+]([O-])c1cc(Cl)c(NSC2CCCC2)c(Cl)c1. The molecule has 98 valence electrons. The van der Waals surface area contributed by atoms with Gasteiger partial charge in [-0.3, -0.25) is 10.1 Å². The molecular formula is C11H12Cl2N2O2S. The zero-order chi connectivity index (χ0) is 13.1. The lowest BCUT2D eigenvalue weighted by atomic mass is 10.3. The van der Waals surface area contributed by atoms with Crippen molar-refractivity contribution in [2.75, 3.05) is 4.72 Å². The van der Waals surface area contributed by atoms with Crippen molar-refractivity contribution in [2.24, 2.45) is 0 Å². The van der Waals surface area contributed by atoms with Crippen LogP contribution in [-0.4, -0.2) is 10.2 Å². The maximum atomic E-state index is 10.6. The maximum Gasteiger partial charge on any atom is 0.272 e. The largest absolute Gasteiger partial charge is 0.327 e. The van der Waals surface area contributed by atoms with E-state index in [4.69, 9.17) is 23.2 Å². The molecule has 0 amide bonds. The number of rotatable bonds is 4. The highest BCUT2D eigenvalue weighted by atomic mass is 35.5. The van der Waals surface area contributed by atoms with Crippen LogP contribution in [0.5, 0.6) is 0 Å². The molecule has 1 saturated carbocycles. The third-order valence-corrected chi connectivity index (χ3v) is 4.59. The Morgan fingerprint density at radius 3 is 2.33 bits per heavy atom. The highest BCUT2D eigenvalue weighted by Crippen LogP contribution is 2.38. The molecule has 0 heterocycles. The van der Waals surface area contributed by atoms with Gasteiger partial charge < -0.3 is 4.72 Å². The van der Waals surface area contributed by atoms with Crippen LogP contribution in [0.1, 0.15) is 25.7 Å². The minimum absolute atomic E-state index is 0.0959. The van der Waals surface area contributed by atoms with Gasteiger partial charge in [0, 0.05) is 17.4 Å². The summed E-state index contributed by atoms with van der Waals surface area (Å²) in [5.74, 6) is 0. The van der Waals surface area contributed by atoms with Crippen LogP contribution in [-0.2, 0) is 0 Å². The fraction of sp³-hybridized carbons (Fsp3) is 0.455. The molecule has 0 saturated heterocycles. The van der Waals surface area contributed by atoms with E-state index in [2.05, 4.69) is 4.72 Å². The first kappa shape index (κ1) is 13.8. The minimum atomic E-state index is -0.508. The van der Waals surface area contributed by atoms with Gasteiger partial charge in [0.25, 0.3) is 5.69 Å². The minimum Gasteiger partial charge on any atom is -0.327 e. The molecule has 1 aromatic rings. The second-order valence-corrected chi connectivity index (χ2v) is 6.09. The van der Waals surface area contributed by atoms with E-state index in [-0.39, 0.29) is 15.7 Å². The fourth-order valence-corrected chi connectivity index (χ4v) is 3.67. The summed E-state index contributed by atoms with van der Waals surface area (Å²) in [6, 6.07) is 2.62. The lowest BCUT2D eigenvalue weighted by Crippen LogP contribution is -2.00. The molecule has 2 rings (SSSR count). The third-order valence-electron chi connectivity index (χ3n) is 2.87. The first-order valence-electron chi connectivity index (χ1n) is 5.63. The predicted molar refractivity (Wildman–Crippen MR) is 76.6 cm³/mol. The summed E-state index contributed by atoms with van der Waals surface area (Å²) in [7, 11) is 0. The summed E-state index contributed by atoms with van der Waals surface area (Å²) < 4.78 is 3.12. The Bertz CT molecular complexity index is 441. The van der Waals surface area contributed by atoms with E-state index in [0.717, 1.165) is 0 Å². The number of anilines is 1. The van der Waals surface area contributed by atoms with Crippen LogP contribution in [0, 0.1) is 10.1 Å². The molecule has 18 heavy (non-hydrogen) atoms. The third kappa shape index (κ3) is 3.22. The van der Waals surface area contributed by atoms with Gasteiger partial charge in [0.05, 0.1) is 20.7 Å². The number of benzene rings is 1. The van der Waals surface area contributed by atoms with Crippen molar-refractivity contribution >= 4 is 46.5 Å². The normalized spacial score (nSPS) is 15.9. The van der Waals surface area contributed by atoms with E-state index in [0.29, 0.717) is 10.9 Å². The van der Waals surface area contributed by atoms with E-state index in [9.17, 15) is 10.1 Å². The number of hydrogen-bond donors (Lipinski definition) is 1. The van der Waals surface area contributed by atoms with Crippen molar-refractivity contribution in [2.45, 2.75) is 30.9 Å². The van der Waals surface area contributed by atoms with Crippen LogP contribution < -0.4 is 4.72 Å². The zero-order valence-corrected chi connectivity index (χ0v) is 11.8. The zero-order valence-electron chi connectivity index (χ0n) is 9.49. The quantitative estimate of drug-likeness (QED) is 0.488. The van der Waals surface area contributed by atoms with Crippen LogP contribution >= 0.6 is 35.1 Å². The molecule has 0 spiro atoms. The predicted octanol–water partition coefficient (Wildman–Crippen LogP) is 4.90. The summed E-state index contributed by atoms with van der Waals surface area (Å²) in [6.07, 6.45) is 4.86. The first-order valence-corrected chi connectivity index (χ1v) is 7.26. The van der Waals surface area contributed by atoms with E-state index in [1.807, 2.05) is 0 Å². The number of nitrogens with zero attached hydrogens (tertiary/aromatic N) is 1. The maximum absolute atomic E-state index is 10.6. The Labute approximate surface area is 119 Å². The van der Waals surface area contributed by atoms with Crippen molar-refractivity contribution in [1.29, 1.82) is 0 Å². The summed E-state index contributed by atoms with van der Waals surface area (Å²) in [5.41, 5.74) is 0.460. The Hall–Kier alpha value is -0.650. The number of halogens is 2. The number of nitro benzene ring substituents is 1. The summed E-state index contributed by atoms with van der Waals surface area (Å²) in [6.45, 7) is 0.